The van der Waals surface area contributed by atoms with E-state index in [2.05, 4.69) is 33.6 Å². The molecule has 0 amide bonds. The fourth-order valence-corrected chi connectivity index (χ4v) is 1.39. The molecule has 0 bridgehead atoms. The number of aliphatic imine (C=N–C) groups is 1. The van der Waals surface area contributed by atoms with E-state index >= 15 is 0 Å². The third kappa shape index (κ3) is 1.07. The molecule has 0 fully saturated rings. The predicted octanol–water partition coefficient (Wildman–Crippen LogP) is -2.20. The van der Waals surface area contributed by atoms with Crippen molar-refractivity contribution in [3.8, 4) is 0 Å². The minimum atomic E-state index is -0.975. The van der Waals surface area contributed by atoms with Crippen LogP contribution in [-0.2, 0) is 0 Å². The largest absolute Gasteiger partial charge is 0.382 e. The summed E-state index contributed by atoms with van der Waals surface area (Å²) >= 11 is 4.12. The molecule has 0 spiro atoms. The minimum absolute atomic E-state index is 0.193. The van der Waals surface area contributed by atoms with E-state index in [4.69, 9.17) is 10.8 Å². The number of nitrogens with one attached hydrogen (secondary N) is 3. The van der Waals surface area contributed by atoms with Gasteiger partial charge in [0.2, 0.25) is 6.35 Å². The van der Waals surface area contributed by atoms with Gasteiger partial charge >= 0.3 is 0 Å². The van der Waals surface area contributed by atoms with E-state index < -0.39 is 6.35 Å². The highest BCUT2D eigenvalue weighted by atomic mass is 32.1. The van der Waals surface area contributed by atoms with E-state index in [0.29, 0.717) is 11.5 Å². The molecule has 6 nitrogen and oxygen atoms in total. The summed E-state index contributed by atoms with van der Waals surface area (Å²) < 4.78 is 0. The number of thiol groups is 1. The van der Waals surface area contributed by atoms with Crippen molar-refractivity contribution in [2.24, 2.45) is 10.7 Å². The molecule has 0 saturated heterocycles. The normalized spacial score (nSPS) is 33.0. The van der Waals surface area contributed by atoms with Crippen molar-refractivity contribution in [3.63, 3.8) is 0 Å². The summed E-state index contributed by atoms with van der Waals surface area (Å²) in [6.45, 7) is 0. The number of hydrogen-bond donors (Lipinski definition) is 6. The Balaban J connectivity index is 2.27. The van der Waals surface area contributed by atoms with Crippen molar-refractivity contribution in [2.75, 3.05) is 0 Å². The molecule has 2 atom stereocenters. The molecule has 2 heterocycles. The predicted molar refractivity (Wildman–Crippen MR) is 46.8 cm³/mol. The Hall–Kier alpha value is -1.08. The van der Waals surface area contributed by atoms with Crippen LogP contribution < -0.4 is 21.7 Å². The van der Waals surface area contributed by atoms with Gasteiger partial charge in [0.25, 0.3) is 0 Å². The summed E-state index contributed by atoms with van der Waals surface area (Å²) in [4.78, 5) is 3.70. The molecule has 12 heavy (non-hydrogen) atoms. The molecule has 6 N–H and O–H groups in total. The summed E-state index contributed by atoms with van der Waals surface area (Å²) in [5.41, 5.74) is 5.99. The zero-order chi connectivity index (χ0) is 8.72. The van der Waals surface area contributed by atoms with Crippen LogP contribution in [0.1, 0.15) is 0 Å². The number of hydrogen-bond acceptors (Lipinski definition) is 7. The first kappa shape index (κ1) is 7.56. The summed E-state index contributed by atoms with van der Waals surface area (Å²) in [7, 11) is 0. The van der Waals surface area contributed by atoms with Crippen molar-refractivity contribution >= 4 is 18.5 Å². The van der Waals surface area contributed by atoms with Crippen molar-refractivity contribution in [2.45, 2.75) is 11.8 Å². The van der Waals surface area contributed by atoms with Gasteiger partial charge in [-0.3, -0.25) is 0 Å². The lowest BCUT2D eigenvalue weighted by molar-refractivity contribution is 0.154. The van der Waals surface area contributed by atoms with Crippen LogP contribution in [0.25, 0.3) is 0 Å². The maximum atomic E-state index is 9.11. The van der Waals surface area contributed by atoms with Crippen LogP contribution in [-0.4, -0.2) is 22.8 Å². The van der Waals surface area contributed by atoms with E-state index in [1.54, 1.807) is 0 Å². The molecule has 2 rings (SSSR count). The first-order valence-electron chi connectivity index (χ1n) is 3.40. The number of nitrogens with zero attached hydrogens (tertiary/aromatic N) is 1. The van der Waals surface area contributed by atoms with E-state index in [0.717, 1.165) is 0 Å². The summed E-state index contributed by atoms with van der Waals surface area (Å²) in [5, 5.41) is 17.6. The van der Waals surface area contributed by atoms with Gasteiger partial charge in [0.05, 0.1) is 0 Å². The Morgan fingerprint density at radius 1 is 1.42 bits per heavy atom. The number of nitrogens with two attached hydrogens (primary N) is 1. The average Bonchev–Trinajstić information content (AvgIpc) is 2.29. The van der Waals surface area contributed by atoms with Crippen molar-refractivity contribution in [3.05, 3.63) is 11.5 Å². The third-order valence-electron chi connectivity index (χ3n) is 1.60. The molecule has 2 aliphatic rings. The molecular weight excluding hydrogens is 178 g/mol. The van der Waals surface area contributed by atoms with Crippen LogP contribution in [0.2, 0.25) is 0 Å². The number of aliphatic hydroxyl groups is 1. The lowest BCUT2D eigenvalue weighted by Crippen LogP contribution is -2.39. The maximum Gasteiger partial charge on any atom is 0.226 e. The van der Waals surface area contributed by atoms with Gasteiger partial charge in [-0.05, 0) is 0 Å². The van der Waals surface area contributed by atoms with Crippen LogP contribution in [0.5, 0.6) is 0 Å². The summed E-state index contributed by atoms with van der Waals surface area (Å²) in [5.74, 6) is 0.912. The molecule has 66 valence electrons. The quantitative estimate of drug-likeness (QED) is 0.242. The minimum Gasteiger partial charge on any atom is -0.382 e. The smallest absolute Gasteiger partial charge is 0.226 e. The van der Waals surface area contributed by atoms with Crippen LogP contribution >= 0.6 is 12.6 Å². The molecule has 0 radical (unpaired) electrons. The van der Waals surface area contributed by atoms with Gasteiger partial charge in [0, 0.05) is 0 Å². The zero-order valence-electron chi connectivity index (χ0n) is 6.07. The van der Waals surface area contributed by atoms with E-state index in [1.807, 2.05) is 0 Å². The van der Waals surface area contributed by atoms with Gasteiger partial charge in [-0.1, -0.05) is 0 Å². The van der Waals surface area contributed by atoms with Crippen LogP contribution in [0.4, 0.5) is 0 Å². The van der Waals surface area contributed by atoms with Crippen molar-refractivity contribution in [1.82, 2.24) is 16.0 Å². The molecule has 0 aromatic carbocycles. The standard InChI is InChI=1S/C5H9N5OS/c6-2-1-3(9-4(11)8-2)10-5(12)7-1/h4-5,7,9-12H,(H2,6,8). The van der Waals surface area contributed by atoms with Crippen LogP contribution in [0.15, 0.2) is 16.5 Å². The fraction of sp³-hybridized carbons (Fsp3) is 0.400. The summed E-state index contributed by atoms with van der Waals surface area (Å²) in [6.07, 6.45) is -0.975. The zero-order valence-corrected chi connectivity index (χ0v) is 6.97. The second kappa shape index (κ2) is 2.46. The molecule has 2 aliphatic heterocycles. The average molecular weight is 187 g/mol. The Labute approximate surface area is 74.3 Å². The molecule has 0 saturated carbocycles. The lowest BCUT2D eigenvalue weighted by Gasteiger charge is -2.17. The van der Waals surface area contributed by atoms with Gasteiger partial charge in [-0.2, -0.15) is 0 Å². The molecule has 0 aliphatic carbocycles. The first-order chi connectivity index (χ1) is 5.66. The Bertz CT molecular complexity index is 275. The van der Waals surface area contributed by atoms with E-state index in [-0.39, 0.29) is 11.3 Å². The highest BCUT2D eigenvalue weighted by Crippen LogP contribution is 2.12. The topological polar surface area (TPSA) is 94.7 Å². The van der Waals surface area contributed by atoms with E-state index in [1.165, 1.54) is 0 Å². The van der Waals surface area contributed by atoms with Crippen LogP contribution in [0, 0.1) is 0 Å². The Kier molecular flexibility index (Phi) is 1.55. The summed E-state index contributed by atoms with van der Waals surface area (Å²) in [6, 6.07) is 0. The fourth-order valence-electron chi connectivity index (χ4n) is 1.13. The first-order valence-corrected chi connectivity index (χ1v) is 3.92. The molecule has 0 aromatic rings. The highest BCUT2D eigenvalue weighted by molar-refractivity contribution is 7.80. The number of rotatable bonds is 0. The lowest BCUT2D eigenvalue weighted by atomic mass is 10.4. The Morgan fingerprint density at radius 3 is 2.92 bits per heavy atom. The molecule has 0 aromatic heterocycles. The van der Waals surface area contributed by atoms with Gasteiger partial charge < -0.3 is 26.8 Å². The second-order valence-corrected chi connectivity index (χ2v) is 2.99. The monoisotopic (exact) mass is 187 g/mol. The third-order valence-corrected chi connectivity index (χ3v) is 1.86. The molecule has 2 unspecified atom stereocenters. The molecular formula is C5H9N5OS. The van der Waals surface area contributed by atoms with Gasteiger partial charge in [0.15, 0.2) is 5.84 Å². The van der Waals surface area contributed by atoms with Gasteiger partial charge in [-0.15, -0.1) is 12.6 Å². The SMILES string of the molecule is NC1=NC(O)NC2=C1NC(S)N2. The van der Waals surface area contributed by atoms with Gasteiger partial charge in [-0.25, -0.2) is 4.99 Å². The second-order valence-electron chi connectivity index (χ2n) is 2.47. The van der Waals surface area contributed by atoms with E-state index in [9.17, 15) is 0 Å². The Morgan fingerprint density at radius 2 is 2.17 bits per heavy atom. The molecule has 7 heteroatoms. The van der Waals surface area contributed by atoms with Crippen molar-refractivity contribution in [1.29, 1.82) is 0 Å². The number of amidine groups is 1. The number of aliphatic hydroxyl groups excluding tert-OH is 1. The maximum absolute atomic E-state index is 9.11. The van der Waals surface area contributed by atoms with Gasteiger partial charge in [0.1, 0.15) is 17.0 Å². The van der Waals surface area contributed by atoms with Crippen molar-refractivity contribution < 1.29 is 5.11 Å². The van der Waals surface area contributed by atoms with Crippen LogP contribution in [0.3, 0.4) is 0 Å². The highest BCUT2D eigenvalue weighted by Gasteiger charge is 2.27.